The van der Waals surface area contributed by atoms with Crippen molar-refractivity contribution in [1.29, 1.82) is 0 Å². The Morgan fingerprint density at radius 2 is 1.46 bits per heavy atom. The van der Waals surface area contributed by atoms with Crippen LogP contribution in [-0.4, -0.2) is 77.6 Å². The predicted molar refractivity (Wildman–Crippen MR) is 156 cm³/mol. The van der Waals surface area contributed by atoms with E-state index >= 15 is 0 Å². The lowest BCUT2D eigenvalue weighted by Gasteiger charge is -2.28. The first-order valence-electron chi connectivity index (χ1n) is 15.0. The minimum atomic E-state index is -0.546. The molecule has 1 aromatic carbocycles. The largest absolute Gasteiger partial charge is 0.494 e. The zero-order chi connectivity index (χ0) is 29.8. The highest BCUT2D eigenvalue weighted by Crippen LogP contribution is 2.35. The Kier molecular flexibility index (Phi) is 17.2. The van der Waals surface area contributed by atoms with E-state index in [1.165, 1.54) is 7.11 Å². The van der Waals surface area contributed by atoms with Gasteiger partial charge in [-0.3, -0.25) is 4.79 Å². The van der Waals surface area contributed by atoms with Crippen molar-refractivity contribution in [3.05, 3.63) is 23.8 Å². The highest BCUT2D eigenvalue weighted by Gasteiger charge is 2.26. The molecule has 234 valence electrons. The Hall–Kier alpha value is -2.56. The summed E-state index contributed by atoms with van der Waals surface area (Å²) in [5.74, 6) is 1.38. The van der Waals surface area contributed by atoms with Gasteiger partial charge in [-0.1, -0.05) is 12.8 Å². The van der Waals surface area contributed by atoms with E-state index in [1.54, 1.807) is 0 Å². The van der Waals surface area contributed by atoms with Crippen LogP contribution in [0.2, 0.25) is 0 Å². The normalized spacial score (nSPS) is 14.6. The number of carbonyl (C=O) groups is 2. The van der Waals surface area contributed by atoms with Crippen LogP contribution in [-0.2, 0) is 28.5 Å². The summed E-state index contributed by atoms with van der Waals surface area (Å²) < 4.78 is 38.4. The molecule has 41 heavy (non-hydrogen) atoms. The summed E-state index contributed by atoms with van der Waals surface area (Å²) in [7, 11) is 1.41. The van der Waals surface area contributed by atoms with Crippen LogP contribution in [0.1, 0.15) is 90.2 Å². The molecule has 1 heterocycles. The number of hydrogen-bond acceptors (Lipinski definition) is 9. The van der Waals surface area contributed by atoms with Crippen LogP contribution in [0.25, 0.3) is 0 Å². The van der Waals surface area contributed by atoms with Gasteiger partial charge in [-0.05, 0) is 71.1 Å². The average Bonchev–Trinajstić information content (AvgIpc) is 2.93. The molecule has 1 amide bonds. The average molecular weight is 582 g/mol. The van der Waals surface area contributed by atoms with Crippen LogP contribution in [0.3, 0.4) is 0 Å². The van der Waals surface area contributed by atoms with Gasteiger partial charge >= 0.3 is 12.1 Å². The number of methoxy groups -OCH3 is 1. The smallest absolute Gasteiger partial charge is 0.408 e. The van der Waals surface area contributed by atoms with Crippen molar-refractivity contribution in [2.45, 2.75) is 90.2 Å². The lowest BCUT2D eigenvalue weighted by Crippen LogP contribution is -2.36. The quantitative estimate of drug-likeness (QED) is 0.143. The first kappa shape index (κ1) is 34.6. The van der Waals surface area contributed by atoms with E-state index in [1.807, 2.05) is 39.0 Å². The van der Waals surface area contributed by atoms with Gasteiger partial charge in [0, 0.05) is 31.6 Å². The topological polar surface area (TPSA) is 111 Å². The number of rotatable bonds is 21. The fourth-order valence-electron chi connectivity index (χ4n) is 4.21. The Bertz CT molecular complexity index is 872. The third-order valence-electron chi connectivity index (χ3n) is 6.30. The fourth-order valence-corrected chi connectivity index (χ4v) is 4.21. The lowest BCUT2D eigenvalue weighted by molar-refractivity contribution is -0.140. The summed E-state index contributed by atoms with van der Waals surface area (Å²) in [6.07, 6.45) is 7.56. The van der Waals surface area contributed by atoms with E-state index in [2.05, 4.69) is 10.1 Å². The van der Waals surface area contributed by atoms with E-state index in [-0.39, 0.29) is 12.0 Å². The molecule has 10 heteroatoms. The van der Waals surface area contributed by atoms with Crippen LogP contribution < -0.4 is 14.8 Å². The second-order valence-electron chi connectivity index (χ2n) is 11.0. The molecule has 10 nitrogen and oxygen atoms in total. The molecule has 0 radical (unpaired) electrons. The number of alkyl carbamates (subject to hydrolysis) is 1. The Labute approximate surface area is 245 Å². The molecule has 1 aliphatic heterocycles. The summed E-state index contributed by atoms with van der Waals surface area (Å²) in [4.78, 5) is 23.3. The summed E-state index contributed by atoms with van der Waals surface area (Å²) in [5.41, 5.74) is 0.369. The molecule has 0 aromatic heterocycles. The number of fused-ring (bicyclic) bond motifs is 1. The van der Waals surface area contributed by atoms with Crippen molar-refractivity contribution in [1.82, 2.24) is 5.32 Å². The molecule has 1 aromatic rings. The van der Waals surface area contributed by atoms with Gasteiger partial charge in [-0.15, -0.1) is 0 Å². The molecular weight excluding hydrogens is 530 g/mol. The van der Waals surface area contributed by atoms with Crippen LogP contribution >= 0.6 is 0 Å². The lowest BCUT2D eigenvalue weighted by atomic mass is 10.0. The van der Waals surface area contributed by atoms with Gasteiger partial charge in [0.1, 0.15) is 17.1 Å². The van der Waals surface area contributed by atoms with Crippen LogP contribution in [0.5, 0.6) is 11.5 Å². The minimum Gasteiger partial charge on any atom is -0.494 e. The molecular formula is C31H51NO9. The van der Waals surface area contributed by atoms with Crippen molar-refractivity contribution in [2.75, 3.05) is 60.0 Å². The van der Waals surface area contributed by atoms with Gasteiger partial charge in [-0.2, -0.15) is 0 Å². The molecule has 0 saturated carbocycles. The van der Waals surface area contributed by atoms with Gasteiger partial charge in [0.15, 0.2) is 0 Å². The highest BCUT2D eigenvalue weighted by molar-refractivity contribution is 5.69. The molecule has 1 atom stereocenters. The van der Waals surface area contributed by atoms with Gasteiger partial charge in [0.05, 0.1) is 52.8 Å². The molecule has 0 saturated heterocycles. The molecule has 0 fully saturated rings. The van der Waals surface area contributed by atoms with Gasteiger partial charge in [0.2, 0.25) is 0 Å². The predicted octanol–water partition coefficient (Wildman–Crippen LogP) is 5.76. The molecule has 2 rings (SSSR count). The van der Waals surface area contributed by atoms with E-state index < -0.39 is 11.7 Å². The second kappa shape index (κ2) is 20.3. The summed E-state index contributed by atoms with van der Waals surface area (Å²) in [5, 5.41) is 2.96. The second-order valence-corrected chi connectivity index (χ2v) is 11.0. The van der Waals surface area contributed by atoms with Crippen molar-refractivity contribution >= 4 is 12.1 Å². The monoisotopic (exact) mass is 581 g/mol. The van der Waals surface area contributed by atoms with E-state index in [0.29, 0.717) is 59.1 Å². The van der Waals surface area contributed by atoms with E-state index in [4.69, 9.17) is 28.4 Å². The van der Waals surface area contributed by atoms with Crippen molar-refractivity contribution < 1.29 is 42.7 Å². The molecule has 1 N–H and O–H groups in total. The molecule has 0 bridgehead atoms. The van der Waals surface area contributed by atoms with Gasteiger partial charge < -0.3 is 38.5 Å². The number of esters is 1. The fraction of sp³-hybridized carbons (Fsp3) is 0.742. The third-order valence-corrected chi connectivity index (χ3v) is 6.30. The molecule has 1 unspecified atom stereocenters. The zero-order valence-electron chi connectivity index (χ0n) is 25.5. The number of benzene rings is 1. The Morgan fingerprint density at radius 3 is 2.10 bits per heavy atom. The summed E-state index contributed by atoms with van der Waals surface area (Å²) >= 11 is 0. The minimum absolute atomic E-state index is 0.156. The number of carbonyl (C=O) groups excluding carboxylic acids is 2. The van der Waals surface area contributed by atoms with Crippen molar-refractivity contribution in [3.8, 4) is 11.5 Å². The number of ether oxygens (including phenoxy) is 7. The summed E-state index contributed by atoms with van der Waals surface area (Å²) in [6, 6.07) is 5.60. The molecule has 0 aliphatic carbocycles. The molecule has 0 spiro atoms. The number of amides is 1. The van der Waals surface area contributed by atoms with Crippen molar-refractivity contribution in [3.63, 3.8) is 0 Å². The first-order chi connectivity index (χ1) is 19.8. The van der Waals surface area contributed by atoms with E-state index in [9.17, 15) is 9.59 Å². The maximum atomic E-state index is 12.3. The van der Waals surface area contributed by atoms with Crippen LogP contribution in [0, 0.1) is 0 Å². The maximum absolute atomic E-state index is 12.3. The van der Waals surface area contributed by atoms with Gasteiger partial charge in [0.25, 0.3) is 0 Å². The van der Waals surface area contributed by atoms with Crippen LogP contribution in [0.15, 0.2) is 18.2 Å². The maximum Gasteiger partial charge on any atom is 0.408 e. The molecule has 1 aliphatic rings. The summed E-state index contributed by atoms with van der Waals surface area (Å²) in [6.45, 7) is 10.4. The SMILES string of the molecule is COC(=O)CCCCCOCCOCCOCCCCCCOc1ccc2c(c1)C(NC(=O)OC(C)(C)C)CCO2. The standard InChI is InChI=1S/C31H51NO9/c1-31(2,3)41-30(34)32-27-15-19-40-28-14-13-25(24-26(27)28)39-18-11-6-5-9-16-36-20-22-38-23-21-37-17-10-7-8-12-29(33)35-4/h13-14,24,27H,5-12,15-23H2,1-4H3,(H,32,34). The zero-order valence-corrected chi connectivity index (χ0v) is 25.5. The number of unbranched alkanes of at least 4 members (excludes halogenated alkanes) is 5. The number of hydrogen-bond donors (Lipinski definition) is 1. The van der Waals surface area contributed by atoms with Gasteiger partial charge in [-0.25, -0.2) is 4.79 Å². The van der Waals surface area contributed by atoms with E-state index in [0.717, 1.165) is 68.6 Å². The Morgan fingerprint density at radius 1 is 0.854 bits per heavy atom. The first-order valence-corrected chi connectivity index (χ1v) is 15.0. The third kappa shape index (κ3) is 16.5. The van der Waals surface area contributed by atoms with Crippen molar-refractivity contribution in [2.24, 2.45) is 0 Å². The Balaban J connectivity index is 1.43. The number of nitrogens with one attached hydrogen (secondary N) is 1. The van der Waals surface area contributed by atoms with Crippen LogP contribution in [0.4, 0.5) is 4.79 Å². The highest BCUT2D eigenvalue weighted by atomic mass is 16.6.